The number of aliphatic hydroxyl groups is 2. The Morgan fingerprint density at radius 2 is 0.535 bits per heavy atom. The van der Waals surface area contributed by atoms with Gasteiger partial charge in [-0.2, -0.15) is 0 Å². The molecule has 0 saturated carbocycles. The number of carbonyl (C=O) groups excluding carboxylic acids is 3. The number of allylic oxidation sites excluding steroid dienone is 32. The number of phosphoric acid groups is 2. The van der Waals surface area contributed by atoms with Crippen molar-refractivity contribution >= 4 is 33.6 Å². The zero-order valence-electron chi connectivity index (χ0n) is 60.6. The number of hydrogen-bond donors (Lipinski definition) is 4. The fourth-order valence-corrected chi connectivity index (χ4v) is 10.3. The maximum Gasteiger partial charge on any atom is 0.472 e. The lowest BCUT2D eigenvalue weighted by Gasteiger charge is -2.21. The highest BCUT2D eigenvalue weighted by molar-refractivity contribution is 7.47. The second-order valence-corrected chi connectivity index (χ2v) is 26.5. The van der Waals surface area contributed by atoms with Gasteiger partial charge in [-0.15, -0.1) is 0 Å². The summed E-state index contributed by atoms with van der Waals surface area (Å²) in [5, 5.41) is 20.6. The highest BCUT2D eigenvalue weighted by atomic mass is 31.2. The molecule has 0 aromatic rings. The van der Waals surface area contributed by atoms with Crippen LogP contribution in [0.2, 0.25) is 0 Å². The second kappa shape index (κ2) is 72.2. The Labute approximate surface area is 597 Å². The number of carbonyl (C=O) groups is 3. The van der Waals surface area contributed by atoms with E-state index in [2.05, 4.69) is 215 Å². The fraction of sp³-hybridized carbons (Fsp3) is 0.568. The molecule has 0 heterocycles. The van der Waals surface area contributed by atoms with Crippen molar-refractivity contribution in [3.63, 3.8) is 0 Å². The molecule has 0 aliphatic rings. The van der Waals surface area contributed by atoms with Crippen LogP contribution >= 0.6 is 15.6 Å². The Morgan fingerprint density at radius 1 is 0.293 bits per heavy atom. The molecular formula is C81H128O16P2. The van der Waals surface area contributed by atoms with E-state index in [0.29, 0.717) is 19.3 Å². The Kier molecular flexibility index (Phi) is 68.1. The lowest BCUT2D eigenvalue weighted by molar-refractivity contribution is -0.161. The minimum absolute atomic E-state index is 0.0633. The maximum atomic E-state index is 13.0. The minimum Gasteiger partial charge on any atom is -0.463 e. The van der Waals surface area contributed by atoms with E-state index in [0.717, 1.165) is 161 Å². The van der Waals surface area contributed by atoms with Crippen molar-refractivity contribution in [2.45, 2.75) is 257 Å². The smallest absolute Gasteiger partial charge is 0.463 e. The van der Waals surface area contributed by atoms with Crippen LogP contribution in [0.25, 0.3) is 0 Å². The molecule has 18 heteroatoms. The van der Waals surface area contributed by atoms with Gasteiger partial charge in [0.2, 0.25) is 0 Å². The van der Waals surface area contributed by atoms with Gasteiger partial charge in [0.1, 0.15) is 25.4 Å². The average Bonchev–Trinajstić information content (AvgIpc) is 1.82. The number of esters is 3. The van der Waals surface area contributed by atoms with Gasteiger partial charge >= 0.3 is 33.6 Å². The number of hydrogen-bond acceptors (Lipinski definition) is 14. The van der Waals surface area contributed by atoms with Gasteiger partial charge in [0.05, 0.1) is 26.4 Å². The van der Waals surface area contributed by atoms with Crippen molar-refractivity contribution < 1.29 is 75.8 Å². The molecular weight excluding hydrogens is 1290 g/mol. The largest absolute Gasteiger partial charge is 0.472 e. The van der Waals surface area contributed by atoms with E-state index in [1.807, 2.05) is 0 Å². The van der Waals surface area contributed by atoms with Crippen LogP contribution in [-0.2, 0) is 55.8 Å². The number of aliphatic hydroxyl groups excluding tert-OH is 2. The van der Waals surface area contributed by atoms with E-state index in [1.54, 1.807) is 0 Å². The first kappa shape index (κ1) is 93.4. The van der Waals surface area contributed by atoms with E-state index in [9.17, 15) is 43.5 Å². The fourth-order valence-electron chi connectivity index (χ4n) is 8.73. The molecule has 0 spiro atoms. The zero-order chi connectivity index (χ0) is 72.3. The molecule has 0 aromatic heterocycles. The molecule has 0 saturated heterocycles. The normalized spacial score (nSPS) is 15.2. The number of phosphoric ester groups is 2. The molecule has 0 bridgehead atoms. The summed E-state index contributed by atoms with van der Waals surface area (Å²) in [5.41, 5.74) is 0. The summed E-state index contributed by atoms with van der Waals surface area (Å²) in [7, 11) is -9.84. The van der Waals surface area contributed by atoms with Crippen LogP contribution in [0, 0.1) is 0 Å². The summed E-state index contributed by atoms with van der Waals surface area (Å²) in [6.07, 6.45) is 93.3. The second-order valence-electron chi connectivity index (χ2n) is 23.6. The van der Waals surface area contributed by atoms with Crippen LogP contribution in [0.5, 0.6) is 0 Å². The molecule has 99 heavy (non-hydrogen) atoms. The van der Waals surface area contributed by atoms with E-state index in [-0.39, 0.29) is 19.3 Å². The summed E-state index contributed by atoms with van der Waals surface area (Å²) in [5.74, 6) is -1.71. The van der Waals surface area contributed by atoms with Gasteiger partial charge in [0.25, 0.3) is 0 Å². The Balaban J connectivity index is 4.87. The summed E-state index contributed by atoms with van der Waals surface area (Å²) < 4.78 is 61.0. The molecule has 0 rings (SSSR count). The molecule has 0 aliphatic carbocycles. The summed E-state index contributed by atoms with van der Waals surface area (Å²) in [6.45, 7) is 2.25. The Bertz CT molecular complexity index is 2580. The van der Waals surface area contributed by atoms with E-state index in [1.165, 1.54) is 19.3 Å². The van der Waals surface area contributed by atoms with E-state index < -0.39 is 91.5 Å². The molecule has 4 N–H and O–H groups in total. The van der Waals surface area contributed by atoms with Gasteiger partial charge in [-0.3, -0.25) is 32.5 Å². The molecule has 0 radical (unpaired) electrons. The van der Waals surface area contributed by atoms with Gasteiger partial charge in [0, 0.05) is 19.3 Å². The number of ether oxygens (including phenoxy) is 3. The van der Waals surface area contributed by atoms with Crippen LogP contribution < -0.4 is 0 Å². The van der Waals surface area contributed by atoms with E-state index in [4.69, 9.17) is 32.3 Å². The monoisotopic (exact) mass is 1420 g/mol. The van der Waals surface area contributed by atoms with Crippen molar-refractivity contribution in [2.75, 3.05) is 39.6 Å². The average molecular weight is 1420 g/mol. The molecule has 0 aliphatic heterocycles. The van der Waals surface area contributed by atoms with Gasteiger partial charge in [-0.05, 0) is 167 Å². The topological polar surface area (TPSA) is 231 Å². The third-order valence-electron chi connectivity index (χ3n) is 14.3. The van der Waals surface area contributed by atoms with Crippen LogP contribution in [-0.4, -0.2) is 95.9 Å². The number of rotatable bonds is 67. The molecule has 0 aromatic carbocycles. The third kappa shape index (κ3) is 73.4. The van der Waals surface area contributed by atoms with Crippen LogP contribution in [0.3, 0.4) is 0 Å². The first-order chi connectivity index (χ1) is 48.2. The summed E-state index contributed by atoms with van der Waals surface area (Å²) in [6, 6.07) is 0. The van der Waals surface area contributed by atoms with Crippen molar-refractivity contribution in [3.05, 3.63) is 194 Å². The molecule has 5 atom stereocenters. The summed E-state index contributed by atoms with van der Waals surface area (Å²) in [4.78, 5) is 58.6. The van der Waals surface area contributed by atoms with Crippen LogP contribution in [0.15, 0.2) is 194 Å². The van der Waals surface area contributed by atoms with E-state index >= 15 is 0 Å². The summed E-state index contributed by atoms with van der Waals surface area (Å²) >= 11 is 0. The first-order valence-electron chi connectivity index (χ1n) is 36.7. The first-order valence-corrected chi connectivity index (χ1v) is 39.7. The van der Waals surface area contributed by atoms with Crippen molar-refractivity contribution in [1.82, 2.24) is 0 Å². The molecule has 5 unspecified atom stereocenters. The standard InChI is InChI=1S/C81H128O16P2/c1-4-7-10-13-16-19-22-25-28-31-34-37-40-43-46-49-52-55-58-61-64-67-79(84)91-70-76(82)71-93-98(87,88)94-72-77(83)73-95-99(89,90)96-75-78(97-81(86)69-66-63-60-57-54-51-48-45-42-39-36-33-30-27-24-21-18-15-12-9-6-3)74-92-80(85)68-65-62-59-56-53-50-47-44-41-38-35-32-29-26-23-20-17-14-11-8-5-2/h7-8,10-11,16-21,25-30,34-39,43-48,52-53,55-56,76-78,82-83H,4-6,9,12-15,22-24,31-33,40-42,49-51,54,57-75H2,1-3H3,(H,87,88)(H,89,90)/b10-7-,11-8-,19-16-,20-17-,21-18-,28-25-,29-26-,30-27-,37-34-,38-35-,39-36-,46-43-,47-44-,48-45-,55-52-,56-53-. The van der Waals surface area contributed by atoms with Gasteiger partial charge in [-0.1, -0.05) is 247 Å². The van der Waals surface area contributed by atoms with Crippen LogP contribution in [0.1, 0.15) is 239 Å². The maximum absolute atomic E-state index is 13.0. The molecule has 0 amide bonds. The van der Waals surface area contributed by atoms with Crippen molar-refractivity contribution in [2.24, 2.45) is 0 Å². The molecule has 558 valence electrons. The van der Waals surface area contributed by atoms with Gasteiger partial charge in [-0.25, -0.2) is 9.13 Å². The van der Waals surface area contributed by atoms with Gasteiger partial charge < -0.3 is 34.2 Å². The Hall–Kier alpha value is -5.61. The Morgan fingerprint density at radius 3 is 0.869 bits per heavy atom. The zero-order valence-corrected chi connectivity index (χ0v) is 62.4. The number of unbranched alkanes of at least 4 members (excludes halogenated alkanes) is 12. The predicted molar refractivity (Wildman–Crippen MR) is 408 cm³/mol. The quantitative estimate of drug-likeness (QED) is 0.0146. The SMILES string of the molecule is CC/C=C\C/C=C\C/C=C\C/C=C\C/C=C\C/C=C\CCCCC(=O)OCC(O)COP(=O)(O)OCC(O)COP(=O)(O)OCC(COC(=O)CCCC/C=C\C/C=C\C/C=C\C/C=C\C/C=C\C/C=C\CC)OC(=O)CCCCCCC/C=C\C/C=C\C/C=C\C/C=C\CCCCC. The van der Waals surface area contributed by atoms with Crippen LogP contribution in [0.4, 0.5) is 0 Å². The molecule has 16 nitrogen and oxygen atoms in total. The molecule has 0 fully saturated rings. The third-order valence-corrected chi connectivity index (χ3v) is 16.2. The highest BCUT2D eigenvalue weighted by Crippen LogP contribution is 2.45. The van der Waals surface area contributed by atoms with Crippen molar-refractivity contribution in [1.29, 1.82) is 0 Å². The van der Waals surface area contributed by atoms with Gasteiger partial charge in [0.15, 0.2) is 6.10 Å². The predicted octanol–water partition coefficient (Wildman–Crippen LogP) is 21.2. The minimum atomic E-state index is -4.96. The lowest BCUT2D eigenvalue weighted by atomic mass is 10.1. The highest BCUT2D eigenvalue weighted by Gasteiger charge is 2.29. The lowest BCUT2D eigenvalue weighted by Crippen LogP contribution is -2.30. The van der Waals surface area contributed by atoms with Crippen molar-refractivity contribution in [3.8, 4) is 0 Å².